The minimum absolute atomic E-state index is 0.0107. The Balaban J connectivity index is 4.91. The van der Waals surface area contributed by atoms with E-state index < -0.39 is 41.4 Å². The molecule has 0 aliphatic carbocycles. The summed E-state index contributed by atoms with van der Waals surface area (Å²) in [7, 11) is 0. The Labute approximate surface area is 194 Å². The van der Waals surface area contributed by atoms with Gasteiger partial charge in [-0.1, -0.05) is 13.8 Å². The van der Waals surface area contributed by atoms with E-state index in [-0.39, 0.29) is 51.5 Å². The fourth-order valence-corrected chi connectivity index (χ4v) is 2.84. The molecule has 12 nitrogen and oxygen atoms in total. The van der Waals surface area contributed by atoms with Crippen LogP contribution in [-0.2, 0) is 24.0 Å². The fraction of sp³-hybridized carbons (Fsp3) is 0.762. The number of rotatable bonds is 16. The van der Waals surface area contributed by atoms with E-state index in [0.29, 0.717) is 6.42 Å². The second-order valence-electron chi connectivity index (χ2n) is 9.24. The molecule has 1 atom stereocenters. The zero-order chi connectivity index (χ0) is 25.8. The van der Waals surface area contributed by atoms with Crippen LogP contribution in [0.5, 0.6) is 0 Å². The van der Waals surface area contributed by atoms with Crippen molar-refractivity contribution in [3.63, 3.8) is 0 Å². The topological polar surface area (TPSA) is 177 Å². The van der Waals surface area contributed by atoms with Crippen LogP contribution in [0.1, 0.15) is 53.9 Å². The zero-order valence-electron chi connectivity index (χ0n) is 20.1. The summed E-state index contributed by atoms with van der Waals surface area (Å²) in [6.07, 6.45) is -1.08. The van der Waals surface area contributed by atoms with E-state index in [1.54, 1.807) is 4.90 Å². The summed E-state index contributed by atoms with van der Waals surface area (Å²) < 4.78 is 0. The smallest absolute Gasteiger partial charge is 0.347 e. The average Bonchev–Trinajstić information content (AvgIpc) is 2.65. The van der Waals surface area contributed by atoms with Crippen LogP contribution in [0.3, 0.4) is 0 Å². The summed E-state index contributed by atoms with van der Waals surface area (Å²) in [6, 6.07) is 0. The molecular formula is C21H38N4O8. The van der Waals surface area contributed by atoms with Gasteiger partial charge in [-0.25, -0.2) is 4.79 Å². The normalized spacial score (nSPS) is 12.6. The van der Waals surface area contributed by atoms with E-state index in [2.05, 4.69) is 10.6 Å². The van der Waals surface area contributed by atoms with Crippen LogP contribution in [0.15, 0.2) is 0 Å². The molecule has 0 saturated carbocycles. The summed E-state index contributed by atoms with van der Waals surface area (Å²) in [5, 5.41) is 32.0. The molecule has 0 aromatic rings. The van der Waals surface area contributed by atoms with Gasteiger partial charge < -0.3 is 26.0 Å². The lowest BCUT2D eigenvalue weighted by atomic mass is 10.1. The molecule has 0 aromatic carbocycles. The number of hydrogen-bond acceptors (Lipinski definition) is 7. The van der Waals surface area contributed by atoms with Crippen molar-refractivity contribution in [1.29, 1.82) is 0 Å². The molecule has 0 rings (SSSR count). The largest absolute Gasteiger partial charge is 0.480 e. The maximum absolute atomic E-state index is 12.3. The van der Waals surface area contributed by atoms with Gasteiger partial charge in [-0.3, -0.25) is 29.0 Å². The van der Waals surface area contributed by atoms with Gasteiger partial charge in [0.15, 0.2) is 0 Å². The number of nitrogens with zero attached hydrogens (tertiary/aromatic N) is 2. The molecule has 5 N–H and O–H groups in total. The number of nitrogens with one attached hydrogen (secondary N) is 2. The minimum atomic E-state index is -1.59. The van der Waals surface area contributed by atoms with Crippen molar-refractivity contribution in [3.8, 4) is 0 Å². The van der Waals surface area contributed by atoms with Gasteiger partial charge >= 0.3 is 17.9 Å². The minimum Gasteiger partial charge on any atom is -0.480 e. The van der Waals surface area contributed by atoms with Crippen LogP contribution in [0, 0.1) is 5.92 Å². The standard InChI is InChI=1S/C21H38N4O8/c1-14(2)6-7-15(26)22-19(20(32)33)23-16(27)8-9-24(12-17(28)29)10-11-25(13-18(30)31)21(3,4)5/h14,19H,6-13H2,1-5H3,(H,22,26)(H,23,27)(H,28,29)(H,30,31)(H,32,33). The van der Waals surface area contributed by atoms with E-state index in [0.717, 1.165) is 0 Å². The maximum atomic E-state index is 12.3. The molecule has 12 heteroatoms. The molecule has 0 aliphatic heterocycles. The Morgan fingerprint density at radius 1 is 0.788 bits per heavy atom. The van der Waals surface area contributed by atoms with Crippen molar-refractivity contribution in [2.45, 2.75) is 65.6 Å². The van der Waals surface area contributed by atoms with Gasteiger partial charge in [-0.2, -0.15) is 0 Å². The number of hydrogen-bond donors (Lipinski definition) is 5. The first-order valence-electron chi connectivity index (χ1n) is 10.8. The molecule has 0 aliphatic rings. The summed E-state index contributed by atoms with van der Waals surface area (Å²) in [4.78, 5) is 61.0. The molecular weight excluding hydrogens is 436 g/mol. The van der Waals surface area contributed by atoms with Crippen LogP contribution in [0.4, 0.5) is 0 Å². The lowest BCUT2D eigenvalue weighted by Crippen LogP contribution is -2.53. The van der Waals surface area contributed by atoms with Crippen molar-refractivity contribution in [2.75, 3.05) is 32.7 Å². The highest BCUT2D eigenvalue weighted by molar-refractivity contribution is 5.87. The Morgan fingerprint density at radius 2 is 1.30 bits per heavy atom. The Kier molecular flexibility index (Phi) is 13.2. The number of aliphatic carboxylic acids is 3. The molecule has 0 saturated heterocycles. The highest BCUT2D eigenvalue weighted by Crippen LogP contribution is 2.12. The van der Waals surface area contributed by atoms with Gasteiger partial charge in [0.25, 0.3) is 0 Å². The molecule has 0 heterocycles. The Hall–Kier alpha value is -2.73. The van der Waals surface area contributed by atoms with Crippen molar-refractivity contribution >= 4 is 29.7 Å². The number of amides is 2. The van der Waals surface area contributed by atoms with Gasteiger partial charge in [0.2, 0.25) is 18.0 Å². The van der Waals surface area contributed by atoms with Crippen molar-refractivity contribution in [3.05, 3.63) is 0 Å². The monoisotopic (exact) mass is 474 g/mol. The number of carbonyl (C=O) groups is 5. The highest BCUT2D eigenvalue weighted by atomic mass is 16.4. The Bertz CT molecular complexity index is 690. The molecule has 190 valence electrons. The number of carbonyl (C=O) groups excluding carboxylic acids is 2. The predicted molar refractivity (Wildman–Crippen MR) is 119 cm³/mol. The molecule has 33 heavy (non-hydrogen) atoms. The summed E-state index contributed by atoms with van der Waals surface area (Å²) in [5.41, 5.74) is -0.465. The first-order valence-corrected chi connectivity index (χ1v) is 10.8. The van der Waals surface area contributed by atoms with Crippen LogP contribution in [0.2, 0.25) is 0 Å². The molecule has 2 amide bonds. The first kappa shape index (κ1) is 30.3. The van der Waals surface area contributed by atoms with E-state index in [9.17, 15) is 29.1 Å². The predicted octanol–water partition coefficient (Wildman–Crippen LogP) is 0.0275. The first-order chi connectivity index (χ1) is 15.1. The Morgan fingerprint density at radius 3 is 1.73 bits per heavy atom. The van der Waals surface area contributed by atoms with E-state index >= 15 is 0 Å². The number of carboxylic acid groups (broad SMARTS) is 3. The quantitative estimate of drug-likeness (QED) is 0.192. The summed E-state index contributed by atoms with van der Waals surface area (Å²) in [6.45, 7) is 9.24. The third kappa shape index (κ3) is 14.9. The van der Waals surface area contributed by atoms with E-state index in [1.165, 1.54) is 4.90 Å². The highest BCUT2D eigenvalue weighted by Gasteiger charge is 2.25. The van der Waals surface area contributed by atoms with Crippen LogP contribution >= 0.6 is 0 Å². The molecule has 1 unspecified atom stereocenters. The van der Waals surface area contributed by atoms with Crippen LogP contribution < -0.4 is 10.6 Å². The second kappa shape index (κ2) is 14.4. The average molecular weight is 475 g/mol. The lowest BCUT2D eigenvalue weighted by Gasteiger charge is -2.35. The van der Waals surface area contributed by atoms with Gasteiger partial charge in [0.1, 0.15) is 0 Å². The second-order valence-corrected chi connectivity index (χ2v) is 9.24. The van der Waals surface area contributed by atoms with E-state index in [1.807, 2.05) is 34.6 Å². The van der Waals surface area contributed by atoms with E-state index in [4.69, 9.17) is 10.2 Å². The molecule has 0 bridgehead atoms. The van der Waals surface area contributed by atoms with Gasteiger partial charge in [-0.05, 0) is 33.1 Å². The van der Waals surface area contributed by atoms with Gasteiger partial charge in [-0.15, -0.1) is 0 Å². The fourth-order valence-electron chi connectivity index (χ4n) is 2.84. The lowest BCUT2D eigenvalue weighted by molar-refractivity contribution is -0.145. The van der Waals surface area contributed by atoms with Crippen molar-refractivity contribution in [2.24, 2.45) is 5.92 Å². The van der Waals surface area contributed by atoms with Gasteiger partial charge in [0, 0.05) is 38.0 Å². The number of carboxylic acids is 3. The third-order valence-corrected chi connectivity index (χ3v) is 4.78. The van der Waals surface area contributed by atoms with Crippen molar-refractivity contribution < 1.29 is 39.3 Å². The summed E-state index contributed by atoms with van der Waals surface area (Å²) >= 11 is 0. The molecule has 0 aromatic heterocycles. The van der Waals surface area contributed by atoms with Crippen molar-refractivity contribution in [1.82, 2.24) is 20.4 Å². The third-order valence-electron chi connectivity index (χ3n) is 4.78. The zero-order valence-corrected chi connectivity index (χ0v) is 20.1. The summed E-state index contributed by atoms with van der Waals surface area (Å²) in [5.74, 6) is -4.44. The van der Waals surface area contributed by atoms with Gasteiger partial charge in [0.05, 0.1) is 13.1 Å². The molecule has 0 spiro atoms. The van der Waals surface area contributed by atoms with Crippen LogP contribution in [-0.4, -0.2) is 99.3 Å². The molecule has 0 radical (unpaired) electrons. The van der Waals surface area contributed by atoms with Crippen LogP contribution in [0.25, 0.3) is 0 Å². The SMILES string of the molecule is CC(C)CCC(=O)NC(NC(=O)CCN(CCN(CC(=O)O)C(C)(C)C)CC(=O)O)C(=O)O. The maximum Gasteiger partial charge on any atom is 0.347 e. The molecule has 0 fully saturated rings.